The second-order valence-corrected chi connectivity index (χ2v) is 9.52. The fraction of sp³-hybridized carbons (Fsp3) is 0.0645. The van der Waals surface area contributed by atoms with Crippen LogP contribution in [-0.2, 0) is 9.59 Å². The third kappa shape index (κ3) is 7.94. The quantitative estimate of drug-likeness (QED) is 0.183. The molecule has 0 spiro atoms. The fourth-order valence-corrected chi connectivity index (χ4v) is 4.17. The summed E-state index contributed by atoms with van der Waals surface area (Å²) in [5.41, 5.74) is 3.78. The van der Waals surface area contributed by atoms with E-state index in [1.807, 2.05) is 79.7 Å². The van der Waals surface area contributed by atoms with Crippen LogP contribution in [0, 0.1) is 6.92 Å². The summed E-state index contributed by atoms with van der Waals surface area (Å²) >= 11 is 1.40. The highest BCUT2D eigenvalue weighted by atomic mass is 32.2. The molecule has 190 valence electrons. The van der Waals surface area contributed by atoms with Crippen molar-refractivity contribution < 1.29 is 14.4 Å². The van der Waals surface area contributed by atoms with E-state index >= 15 is 0 Å². The second kappa shape index (κ2) is 13.1. The Kier molecular flexibility index (Phi) is 9.10. The maximum Gasteiger partial charge on any atom is 0.272 e. The highest BCUT2D eigenvalue weighted by Gasteiger charge is 2.15. The van der Waals surface area contributed by atoms with Crippen molar-refractivity contribution in [2.24, 2.45) is 0 Å². The lowest BCUT2D eigenvalue weighted by atomic mass is 10.1. The van der Waals surface area contributed by atoms with E-state index in [0.29, 0.717) is 11.3 Å². The Bertz CT molecular complexity index is 1420. The van der Waals surface area contributed by atoms with E-state index < -0.39 is 5.91 Å². The van der Waals surface area contributed by atoms with Crippen molar-refractivity contribution in [1.29, 1.82) is 0 Å². The van der Waals surface area contributed by atoms with Gasteiger partial charge in [0, 0.05) is 21.8 Å². The lowest BCUT2D eigenvalue weighted by molar-refractivity contribution is -0.114. The molecule has 0 aromatic heterocycles. The molecule has 0 aliphatic heterocycles. The number of nitrogens with one attached hydrogen (secondary N) is 3. The molecule has 0 saturated carbocycles. The summed E-state index contributed by atoms with van der Waals surface area (Å²) in [4.78, 5) is 39.0. The number of hydrogen-bond acceptors (Lipinski definition) is 4. The summed E-state index contributed by atoms with van der Waals surface area (Å²) < 4.78 is 0. The van der Waals surface area contributed by atoms with E-state index in [2.05, 4.69) is 16.0 Å². The Morgan fingerprint density at radius 2 is 1.32 bits per heavy atom. The van der Waals surface area contributed by atoms with Crippen LogP contribution < -0.4 is 16.0 Å². The number of carbonyl (C=O) groups is 3. The summed E-state index contributed by atoms with van der Waals surface area (Å²) in [6, 6.07) is 32.9. The van der Waals surface area contributed by atoms with Crippen molar-refractivity contribution in [3.63, 3.8) is 0 Å². The van der Waals surface area contributed by atoms with Gasteiger partial charge in [-0.15, -0.1) is 11.8 Å². The molecule has 4 rings (SSSR count). The Labute approximate surface area is 226 Å². The molecule has 6 nitrogen and oxygen atoms in total. The van der Waals surface area contributed by atoms with Gasteiger partial charge in [-0.05, 0) is 67.1 Å². The standard InChI is InChI=1S/C31H27N3O3S/c1-22-12-14-23(15-13-22)20-28(34-30(36)24-8-4-2-5-9-24)31(37)33-26-16-18-27(19-17-26)38-21-29(35)32-25-10-6-3-7-11-25/h2-20H,21H2,1H3,(H,32,35)(H,33,37)(H,34,36)/b28-20-. The van der Waals surface area contributed by atoms with E-state index in [-0.39, 0.29) is 23.3 Å². The van der Waals surface area contributed by atoms with Crippen LogP contribution in [0.25, 0.3) is 6.08 Å². The summed E-state index contributed by atoms with van der Waals surface area (Å²) in [7, 11) is 0. The molecule has 0 aliphatic carbocycles. The summed E-state index contributed by atoms with van der Waals surface area (Å²) in [5.74, 6) is -0.661. The average molecular weight is 522 g/mol. The Hall–Kier alpha value is -4.62. The molecule has 0 bridgehead atoms. The molecule has 0 aliphatic rings. The minimum atomic E-state index is -0.447. The Morgan fingerprint density at radius 1 is 0.711 bits per heavy atom. The first-order valence-corrected chi connectivity index (χ1v) is 13.0. The number of carbonyl (C=O) groups excluding carboxylic acids is 3. The lowest BCUT2D eigenvalue weighted by Gasteiger charge is -2.12. The second-order valence-electron chi connectivity index (χ2n) is 8.47. The van der Waals surface area contributed by atoms with Crippen molar-refractivity contribution in [3.05, 3.63) is 132 Å². The number of para-hydroxylation sites is 1. The zero-order valence-electron chi connectivity index (χ0n) is 20.8. The van der Waals surface area contributed by atoms with E-state index in [1.54, 1.807) is 42.5 Å². The first kappa shape index (κ1) is 26.4. The van der Waals surface area contributed by atoms with E-state index in [0.717, 1.165) is 21.7 Å². The lowest BCUT2D eigenvalue weighted by Crippen LogP contribution is -2.30. The maximum absolute atomic E-state index is 13.2. The van der Waals surface area contributed by atoms with Gasteiger partial charge in [-0.3, -0.25) is 14.4 Å². The number of hydrogen-bond donors (Lipinski definition) is 3. The predicted molar refractivity (Wildman–Crippen MR) is 154 cm³/mol. The summed E-state index contributed by atoms with van der Waals surface area (Å²) in [5, 5.41) is 8.44. The molecule has 38 heavy (non-hydrogen) atoms. The fourth-order valence-electron chi connectivity index (χ4n) is 3.47. The van der Waals surface area contributed by atoms with Crippen LogP contribution in [0.2, 0.25) is 0 Å². The Balaban J connectivity index is 1.40. The molecule has 4 aromatic carbocycles. The predicted octanol–water partition coefficient (Wildman–Crippen LogP) is 6.14. The minimum absolute atomic E-state index is 0.0985. The van der Waals surface area contributed by atoms with Gasteiger partial charge in [0.05, 0.1) is 5.75 Å². The number of aryl methyl sites for hydroxylation is 1. The van der Waals surface area contributed by atoms with Crippen LogP contribution >= 0.6 is 11.8 Å². The molecule has 7 heteroatoms. The molecular weight excluding hydrogens is 494 g/mol. The maximum atomic E-state index is 13.2. The smallest absolute Gasteiger partial charge is 0.272 e. The molecule has 0 heterocycles. The van der Waals surface area contributed by atoms with Crippen LogP contribution in [0.4, 0.5) is 11.4 Å². The van der Waals surface area contributed by atoms with Gasteiger partial charge in [-0.1, -0.05) is 66.2 Å². The van der Waals surface area contributed by atoms with Crippen LogP contribution in [0.3, 0.4) is 0 Å². The van der Waals surface area contributed by atoms with Gasteiger partial charge in [0.15, 0.2) is 0 Å². The van der Waals surface area contributed by atoms with Gasteiger partial charge in [-0.25, -0.2) is 0 Å². The third-order valence-corrected chi connectivity index (χ3v) is 6.47. The zero-order valence-corrected chi connectivity index (χ0v) is 21.6. The van der Waals surface area contributed by atoms with E-state index in [9.17, 15) is 14.4 Å². The highest BCUT2D eigenvalue weighted by molar-refractivity contribution is 8.00. The van der Waals surface area contributed by atoms with Crippen molar-refractivity contribution >= 4 is 46.9 Å². The topological polar surface area (TPSA) is 87.3 Å². The molecule has 4 aromatic rings. The van der Waals surface area contributed by atoms with Crippen LogP contribution in [-0.4, -0.2) is 23.5 Å². The number of anilines is 2. The largest absolute Gasteiger partial charge is 0.325 e. The van der Waals surface area contributed by atoms with Gasteiger partial charge in [0.1, 0.15) is 5.70 Å². The SMILES string of the molecule is Cc1ccc(/C=C(\NC(=O)c2ccccc2)C(=O)Nc2ccc(SCC(=O)Nc3ccccc3)cc2)cc1. The Morgan fingerprint density at radius 3 is 1.97 bits per heavy atom. The van der Waals surface area contributed by atoms with Crippen molar-refractivity contribution in [3.8, 4) is 0 Å². The summed E-state index contributed by atoms with van der Waals surface area (Å²) in [6.07, 6.45) is 1.64. The molecule has 3 N–H and O–H groups in total. The molecular formula is C31H27N3O3S. The molecule has 0 radical (unpaired) electrons. The number of rotatable bonds is 9. The van der Waals surface area contributed by atoms with Crippen LogP contribution in [0.15, 0.2) is 120 Å². The van der Waals surface area contributed by atoms with Crippen LogP contribution in [0.5, 0.6) is 0 Å². The normalized spacial score (nSPS) is 10.9. The average Bonchev–Trinajstić information content (AvgIpc) is 2.94. The van der Waals surface area contributed by atoms with Crippen molar-refractivity contribution in [1.82, 2.24) is 5.32 Å². The van der Waals surface area contributed by atoms with Crippen molar-refractivity contribution in [2.45, 2.75) is 11.8 Å². The van der Waals surface area contributed by atoms with Crippen LogP contribution in [0.1, 0.15) is 21.5 Å². The number of amides is 3. The number of benzene rings is 4. The highest BCUT2D eigenvalue weighted by Crippen LogP contribution is 2.21. The molecule has 0 saturated heterocycles. The molecule has 0 atom stereocenters. The van der Waals surface area contributed by atoms with Gasteiger partial charge < -0.3 is 16.0 Å². The van der Waals surface area contributed by atoms with Crippen molar-refractivity contribution in [2.75, 3.05) is 16.4 Å². The first-order chi connectivity index (χ1) is 18.5. The van der Waals surface area contributed by atoms with Gasteiger partial charge in [0.25, 0.3) is 11.8 Å². The van der Waals surface area contributed by atoms with E-state index in [1.165, 1.54) is 11.8 Å². The minimum Gasteiger partial charge on any atom is -0.325 e. The molecule has 3 amide bonds. The molecule has 0 unspecified atom stereocenters. The van der Waals surface area contributed by atoms with E-state index in [4.69, 9.17) is 0 Å². The molecule has 0 fully saturated rings. The monoisotopic (exact) mass is 521 g/mol. The summed E-state index contributed by atoms with van der Waals surface area (Å²) in [6.45, 7) is 1.98. The third-order valence-electron chi connectivity index (χ3n) is 5.46. The van der Waals surface area contributed by atoms with Gasteiger partial charge >= 0.3 is 0 Å². The number of thioether (sulfide) groups is 1. The zero-order chi connectivity index (χ0) is 26.7. The van der Waals surface area contributed by atoms with Gasteiger partial charge in [-0.2, -0.15) is 0 Å². The van der Waals surface area contributed by atoms with Gasteiger partial charge in [0.2, 0.25) is 5.91 Å². The first-order valence-electron chi connectivity index (χ1n) is 12.0.